The molecule has 0 atom stereocenters. The van der Waals surface area contributed by atoms with Gasteiger partial charge in [0.2, 0.25) is 0 Å². The molecule has 4 heteroatoms. The highest BCUT2D eigenvalue weighted by Gasteiger charge is 2.12. The smallest absolute Gasteiger partial charge is 0.255 e. The van der Waals surface area contributed by atoms with Gasteiger partial charge in [-0.3, -0.25) is 4.79 Å². The summed E-state index contributed by atoms with van der Waals surface area (Å²) in [5.74, 6) is 1.72. The van der Waals surface area contributed by atoms with Gasteiger partial charge in [0.05, 0.1) is 13.2 Å². The summed E-state index contributed by atoms with van der Waals surface area (Å²) < 4.78 is 11.2. The van der Waals surface area contributed by atoms with Crippen molar-refractivity contribution in [3.8, 4) is 11.5 Å². The zero-order valence-electron chi connectivity index (χ0n) is 13.5. The molecule has 4 nitrogen and oxygen atoms in total. The molecule has 0 fully saturated rings. The van der Waals surface area contributed by atoms with Crippen LogP contribution in [0, 0.1) is 0 Å². The Bertz CT molecular complexity index is 692. The molecule has 0 aliphatic carbocycles. The molecule has 0 spiro atoms. The van der Waals surface area contributed by atoms with Crippen molar-refractivity contribution in [1.82, 2.24) is 0 Å². The Morgan fingerprint density at radius 2 is 1.70 bits per heavy atom. The van der Waals surface area contributed by atoms with E-state index in [-0.39, 0.29) is 5.91 Å². The summed E-state index contributed by atoms with van der Waals surface area (Å²) in [7, 11) is 0. The van der Waals surface area contributed by atoms with Crippen LogP contribution >= 0.6 is 0 Å². The molecule has 3 rings (SSSR count). The lowest BCUT2D eigenvalue weighted by Gasteiger charge is -2.11. The van der Waals surface area contributed by atoms with Gasteiger partial charge in [0.15, 0.2) is 11.5 Å². The van der Waals surface area contributed by atoms with Gasteiger partial charge in [0.25, 0.3) is 5.91 Å². The molecule has 1 heterocycles. The molecule has 0 radical (unpaired) electrons. The predicted octanol–water partition coefficient (Wildman–Crippen LogP) is 4.22. The maximum absolute atomic E-state index is 12.3. The number of hydrogen-bond donors (Lipinski definition) is 1. The van der Waals surface area contributed by atoms with Crippen molar-refractivity contribution in [2.75, 3.05) is 18.5 Å². The van der Waals surface area contributed by atoms with E-state index in [1.54, 1.807) is 6.07 Å². The van der Waals surface area contributed by atoms with Crippen LogP contribution in [0.1, 0.15) is 42.1 Å². The van der Waals surface area contributed by atoms with Gasteiger partial charge in [0.1, 0.15) is 0 Å². The molecule has 1 amide bonds. The van der Waals surface area contributed by atoms with Crippen molar-refractivity contribution in [2.24, 2.45) is 0 Å². The third kappa shape index (κ3) is 3.65. The average molecular weight is 311 g/mol. The molecule has 1 aliphatic heterocycles. The summed E-state index contributed by atoms with van der Waals surface area (Å²) in [6.07, 6.45) is 0.860. The quantitative estimate of drug-likeness (QED) is 0.923. The first kappa shape index (κ1) is 15.4. The number of anilines is 1. The normalized spacial score (nSPS) is 13.5. The van der Waals surface area contributed by atoms with E-state index in [0.717, 1.165) is 12.2 Å². The second-order valence-electron chi connectivity index (χ2n) is 5.94. The second kappa shape index (κ2) is 6.73. The zero-order valence-corrected chi connectivity index (χ0v) is 13.5. The van der Waals surface area contributed by atoms with Gasteiger partial charge in [0, 0.05) is 23.7 Å². The molecule has 2 aromatic carbocycles. The number of fused-ring (bicyclic) bond motifs is 1. The number of carbonyl (C=O) groups is 1. The fourth-order valence-corrected chi connectivity index (χ4v) is 2.46. The standard InChI is InChI=1S/C19H21NO3/c1-13(2)14-4-6-15(7-5-14)19(21)20-16-8-9-17-18(12-16)23-11-3-10-22-17/h4-9,12-13H,3,10-11H2,1-2H3,(H,20,21). The third-order valence-electron chi connectivity index (χ3n) is 3.84. The van der Waals surface area contributed by atoms with Crippen LogP contribution in [0.3, 0.4) is 0 Å². The van der Waals surface area contributed by atoms with Crippen LogP contribution in [-0.2, 0) is 0 Å². The number of carbonyl (C=O) groups excluding carboxylic acids is 1. The van der Waals surface area contributed by atoms with Gasteiger partial charge < -0.3 is 14.8 Å². The first-order valence-electron chi connectivity index (χ1n) is 7.94. The summed E-state index contributed by atoms with van der Waals surface area (Å²) in [5, 5.41) is 2.90. The lowest BCUT2D eigenvalue weighted by Crippen LogP contribution is -2.12. The number of benzene rings is 2. The predicted molar refractivity (Wildman–Crippen MR) is 90.5 cm³/mol. The van der Waals surface area contributed by atoms with Crippen molar-refractivity contribution in [1.29, 1.82) is 0 Å². The highest BCUT2D eigenvalue weighted by Crippen LogP contribution is 2.32. The van der Waals surface area contributed by atoms with E-state index in [0.29, 0.717) is 36.1 Å². The van der Waals surface area contributed by atoms with Crippen molar-refractivity contribution < 1.29 is 14.3 Å². The molecule has 0 unspecified atom stereocenters. The van der Waals surface area contributed by atoms with Gasteiger partial charge in [-0.05, 0) is 35.7 Å². The summed E-state index contributed by atoms with van der Waals surface area (Å²) in [4.78, 5) is 12.3. The van der Waals surface area contributed by atoms with Gasteiger partial charge in [-0.25, -0.2) is 0 Å². The topological polar surface area (TPSA) is 47.6 Å². The Kier molecular flexibility index (Phi) is 4.51. The molecule has 0 saturated heterocycles. The van der Waals surface area contributed by atoms with Crippen molar-refractivity contribution in [2.45, 2.75) is 26.2 Å². The minimum atomic E-state index is -0.130. The SMILES string of the molecule is CC(C)c1ccc(C(=O)Nc2ccc3c(c2)OCCCO3)cc1. The van der Waals surface area contributed by atoms with Gasteiger partial charge >= 0.3 is 0 Å². The Hall–Kier alpha value is -2.49. The van der Waals surface area contributed by atoms with E-state index in [2.05, 4.69) is 19.2 Å². The largest absolute Gasteiger partial charge is 0.490 e. The summed E-state index contributed by atoms with van der Waals surface area (Å²) >= 11 is 0. The van der Waals surface area contributed by atoms with Crippen LogP contribution in [0.5, 0.6) is 11.5 Å². The number of nitrogens with one attached hydrogen (secondary N) is 1. The van der Waals surface area contributed by atoms with E-state index < -0.39 is 0 Å². The van der Waals surface area contributed by atoms with Crippen LogP contribution in [0.4, 0.5) is 5.69 Å². The van der Waals surface area contributed by atoms with Crippen LogP contribution in [0.15, 0.2) is 42.5 Å². The molecule has 1 aliphatic rings. The third-order valence-corrected chi connectivity index (χ3v) is 3.84. The van der Waals surface area contributed by atoms with E-state index >= 15 is 0 Å². The molecular formula is C19H21NO3. The van der Waals surface area contributed by atoms with E-state index in [9.17, 15) is 4.79 Å². The minimum absolute atomic E-state index is 0.130. The van der Waals surface area contributed by atoms with E-state index in [1.165, 1.54) is 5.56 Å². The lowest BCUT2D eigenvalue weighted by molar-refractivity contribution is 0.102. The van der Waals surface area contributed by atoms with Gasteiger partial charge in [-0.2, -0.15) is 0 Å². The summed E-state index contributed by atoms with van der Waals surface area (Å²) in [5.41, 5.74) is 2.56. The number of rotatable bonds is 3. The minimum Gasteiger partial charge on any atom is -0.490 e. The first-order valence-corrected chi connectivity index (χ1v) is 7.94. The average Bonchev–Trinajstić information content (AvgIpc) is 2.79. The molecule has 0 bridgehead atoms. The molecule has 0 saturated carbocycles. The Labute approximate surface area is 136 Å². The number of ether oxygens (including phenoxy) is 2. The van der Waals surface area contributed by atoms with Crippen LogP contribution in [0.25, 0.3) is 0 Å². The van der Waals surface area contributed by atoms with Crippen molar-refractivity contribution >= 4 is 11.6 Å². The maximum atomic E-state index is 12.3. The lowest BCUT2D eigenvalue weighted by atomic mass is 10.0. The number of hydrogen-bond acceptors (Lipinski definition) is 3. The van der Waals surface area contributed by atoms with Crippen LogP contribution in [-0.4, -0.2) is 19.1 Å². The van der Waals surface area contributed by atoms with Gasteiger partial charge in [-0.1, -0.05) is 26.0 Å². The summed E-state index contributed by atoms with van der Waals surface area (Å²) in [6, 6.07) is 13.2. The van der Waals surface area contributed by atoms with E-state index in [4.69, 9.17) is 9.47 Å². The number of amides is 1. The Morgan fingerprint density at radius 3 is 2.39 bits per heavy atom. The monoisotopic (exact) mass is 311 g/mol. The Balaban J connectivity index is 1.73. The summed E-state index contributed by atoms with van der Waals surface area (Å²) in [6.45, 7) is 5.54. The molecule has 2 aromatic rings. The highest BCUT2D eigenvalue weighted by atomic mass is 16.5. The molecule has 0 aromatic heterocycles. The second-order valence-corrected chi connectivity index (χ2v) is 5.94. The van der Waals surface area contributed by atoms with Crippen molar-refractivity contribution in [3.05, 3.63) is 53.6 Å². The molecular weight excluding hydrogens is 290 g/mol. The van der Waals surface area contributed by atoms with Crippen LogP contribution < -0.4 is 14.8 Å². The molecule has 1 N–H and O–H groups in total. The molecule has 120 valence electrons. The fourth-order valence-electron chi connectivity index (χ4n) is 2.46. The first-order chi connectivity index (χ1) is 11.1. The van der Waals surface area contributed by atoms with Gasteiger partial charge in [-0.15, -0.1) is 0 Å². The van der Waals surface area contributed by atoms with Crippen LogP contribution in [0.2, 0.25) is 0 Å². The highest BCUT2D eigenvalue weighted by molar-refractivity contribution is 6.04. The zero-order chi connectivity index (χ0) is 16.2. The molecule has 23 heavy (non-hydrogen) atoms. The Morgan fingerprint density at radius 1 is 1.00 bits per heavy atom. The van der Waals surface area contributed by atoms with Crippen molar-refractivity contribution in [3.63, 3.8) is 0 Å². The van der Waals surface area contributed by atoms with E-state index in [1.807, 2.05) is 36.4 Å². The maximum Gasteiger partial charge on any atom is 0.255 e. The fraction of sp³-hybridized carbons (Fsp3) is 0.316.